The van der Waals surface area contributed by atoms with E-state index in [1.807, 2.05) is 45.0 Å². The molecular weight excluding hydrogens is 254 g/mol. The fraction of sp³-hybridized carbons (Fsp3) is 0.500. The van der Waals surface area contributed by atoms with Crippen molar-refractivity contribution in [2.24, 2.45) is 0 Å². The number of carboxylic acid groups (broad SMARTS) is 1. The second kappa shape index (κ2) is 7.08. The summed E-state index contributed by atoms with van der Waals surface area (Å²) in [5.41, 5.74) is 1.40. The average Bonchev–Trinajstić information content (AvgIpc) is 2.40. The average molecular weight is 277 g/mol. The van der Waals surface area contributed by atoms with E-state index in [2.05, 4.69) is 5.32 Å². The molecule has 0 atom stereocenters. The Labute approximate surface area is 120 Å². The zero-order valence-corrected chi connectivity index (χ0v) is 12.4. The lowest BCUT2D eigenvalue weighted by atomic mass is 9.88. The van der Waals surface area contributed by atoms with Crippen molar-refractivity contribution in [1.82, 2.24) is 5.32 Å². The molecule has 4 heteroatoms. The van der Waals surface area contributed by atoms with Crippen LogP contribution in [0.25, 0.3) is 0 Å². The normalized spacial score (nSPS) is 11.2. The van der Waals surface area contributed by atoms with E-state index < -0.39 is 11.5 Å². The number of hydrogen-bond donors (Lipinski definition) is 2. The predicted octanol–water partition coefficient (Wildman–Crippen LogP) is 2.69. The van der Waals surface area contributed by atoms with Gasteiger partial charge in [-0.15, -0.1) is 0 Å². The van der Waals surface area contributed by atoms with Crippen molar-refractivity contribution in [3.8, 4) is 0 Å². The Bertz CT molecular complexity index is 478. The molecule has 0 aliphatic carbocycles. The zero-order chi connectivity index (χ0) is 15.2. The summed E-state index contributed by atoms with van der Waals surface area (Å²) in [6.45, 7) is 5.77. The van der Waals surface area contributed by atoms with Gasteiger partial charge >= 0.3 is 5.97 Å². The van der Waals surface area contributed by atoms with Gasteiger partial charge in [0.1, 0.15) is 0 Å². The van der Waals surface area contributed by atoms with Gasteiger partial charge in [0, 0.05) is 5.54 Å². The van der Waals surface area contributed by atoms with E-state index in [9.17, 15) is 9.59 Å². The van der Waals surface area contributed by atoms with E-state index in [1.165, 1.54) is 0 Å². The van der Waals surface area contributed by atoms with Crippen molar-refractivity contribution in [3.05, 3.63) is 35.4 Å². The molecule has 0 saturated carbocycles. The molecule has 0 spiro atoms. The van der Waals surface area contributed by atoms with Gasteiger partial charge in [-0.2, -0.15) is 0 Å². The van der Waals surface area contributed by atoms with Gasteiger partial charge in [-0.3, -0.25) is 9.59 Å². The van der Waals surface area contributed by atoms with Crippen LogP contribution in [-0.2, 0) is 16.0 Å². The SMILES string of the molecule is CCC(CC)(CC(=O)O)NC(=O)Cc1ccccc1C. The third-order valence-electron chi connectivity index (χ3n) is 3.86. The van der Waals surface area contributed by atoms with Crippen LogP contribution in [0.5, 0.6) is 0 Å². The summed E-state index contributed by atoms with van der Waals surface area (Å²) >= 11 is 0. The lowest BCUT2D eigenvalue weighted by Gasteiger charge is -2.31. The number of benzene rings is 1. The van der Waals surface area contributed by atoms with Crippen LogP contribution in [0.4, 0.5) is 0 Å². The predicted molar refractivity (Wildman–Crippen MR) is 78.6 cm³/mol. The summed E-state index contributed by atoms with van der Waals surface area (Å²) in [5.74, 6) is -1.01. The Morgan fingerprint density at radius 3 is 2.30 bits per heavy atom. The summed E-state index contributed by atoms with van der Waals surface area (Å²) < 4.78 is 0. The molecule has 20 heavy (non-hydrogen) atoms. The summed E-state index contributed by atoms with van der Waals surface area (Å²) in [6.07, 6.45) is 1.46. The van der Waals surface area contributed by atoms with Crippen LogP contribution in [0, 0.1) is 6.92 Å². The van der Waals surface area contributed by atoms with Crippen molar-refractivity contribution in [2.45, 2.75) is 52.0 Å². The van der Waals surface area contributed by atoms with Crippen molar-refractivity contribution in [3.63, 3.8) is 0 Å². The number of carbonyl (C=O) groups excluding carboxylic acids is 1. The van der Waals surface area contributed by atoms with Crippen LogP contribution < -0.4 is 5.32 Å². The maximum Gasteiger partial charge on any atom is 0.305 e. The molecule has 0 bridgehead atoms. The van der Waals surface area contributed by atoms with Crippen LogP contribution in [-0.4, -0.2) is 22.5 Å². The van der Waals surface area contributed by atoms with Crippen molar-refractivity contribution < 1.29 is 14.7 Å². The number of rotatable bonds is 7. The molecule has 1 amide bonds. The van der Waals surface area contributed by atoms with E-state index in [4.69, 9.17) is 5.11 Å². The maximum absolute atomic E-state index is 12.2. The molecule has 1 rings (SSSR count). The number of hydrogen-bond acceptors (Lipinski definition) is 2. The first-order valence-electron chi connectivity index (χ1n) is 6.99. The maximum atomic E-state index is 12.2. The van der Waals surface area contributed by atoms with Gasteiger partial charge in [0.2, 0.25) is 5.91 Å². The molecule has 0 aliphatic rings. The number of carbonyl (C=O) groups is 2. The zero-order valence-electron chi connectivity index (χ0n) is 12.4. The molecule has 0 unspecified atom stereocenters. The Kier molecular flexibility index (Phi) is 5.74. The van der Waals surface area contributed by atoms with Crippen molar-refractivity contribution in [2.75, 3.05) is 0 Å². The van der Waals surface area contributed by atoms with Crippen molar-refractivity contribution in [1.29, 1.82) is 0 Å². The monoisotopic (exact) mass is 277 g/mol. The van der Waals surface area contributed by atoms with Crippen LogP contribution in [0.3, 0.4) is 0 Å². The van der Waals surface area contributed by atoms with E-state index in [-0.39, 0.29) is 18.7 Å². The van der Waals surface area contributed by atoms with E-state index in [1.54, 1.807) is 0 Å². The lowest BCUT2D eigenvalue weighted by molar-refractivity contribution is -0.139. The molecule has 0 heterocycles. The standard InChI is InChI=1S/C16H23NO3/c1-4-16(5-2,11-15(19)20)17-14(18)10-13-9-7-6-8-12(13)3/h6-9H,4-5,10-11H2,1-3H3,(H,17,18)(H,19,20). The van der Waals surface area contributed by atoms with Crippen LogP contribution in [0.1, 0.15) is 44.2 Å². The Hall–Kier alpha value is -1.84. The van der Waals surface area contributed by atoms with Crippen LogP contribution in [0.15, 0.2) is 24.3 Å². The highest BCUT2D eigenvalue weighted by atomic mass is 16.4. The summed E-state index contributed by atoms with van der Waals surface area (Å²) in [4.78, 5) is 23.2. The van der Waals surface area contributed by atoms with E-state index >= 15 is 0 Å². The molecule has 0 aliphatic heterocycles. The second-order valence-electron chi connectivity index (χ2n) is 5.21. The largest absolute Gasteiger partial charge is 0.481 e. The third kappa shape index (κ3) is 4.37. The number of amides is 1. The van der Waals surface area contributed by atoms with Gasteiger partial charge in [-0.1, -0.05) is 38.1 Å². The minimum absolute atomic E-state index is 0.0422. The smallest absolute Gasteiger partial charge is 0.305 e. The molecule has 0 saturated heterocycles. The highest BCUT2D eigenvalue weighted by Gasteiger charge is 2.30. The molecule has 1 aromatic carbocycles. The molecule has 0 radical (unpaired) electrons. The number of carboxylic acids is 1. The molecular formula is C16H23NO3. The van der Waals surface area contributed by atoms with Gasteiger partial charge in [-0.25, -0.2) is 0 Å². The first-order valence-corrected chi connectivity index (χ1v) is 6.99. The highest BCUT2D eigenvalue weighted by molar-refractivity contribution is 5.80. The number of aryl methyl sites for hydroxylation is 1. The molecule has 0 aromatic heterocycles. The fourth-order valence-electron chi connectivity index (χ4n) is 2.33. The minimum Gasteiger partial charge on any atom is -0.481 e. The first-order chi connectivity index (χ1) is 9.42. The molecule has 4 nitrogen and oxygen atoms in total. The summed E-state index contributed by atoms with van der Waals surface area (Å²) in [5, 5.41) is 11.9. The molecule has 0 fully saturated rings. The van der Waals surface area contributed by atoms with Gasteiger partial charge in [-0.05, 0) is 30.9 Å². The molecule has 1 aromatic rings. The Morgan fingerprint density at radius 1 is 1.20 bits per heavy atom. The topological polar surface area (TPSA) is 66.4 Å². The minimum atomic E-state index is -0.884. The van der Waals surface area contributed by atoms with Gasteiger partial charge < -0.3 is 10.4 Å². The lowest BCUT2D eigenvalue weighted by Crippen LogP contribution is -2.49. The fourth-order valence-corrected chi connectivity index (χ4v) is 2.33. The highest BCUT2D eigenvalue weighted by Crippen LogP contribution is 2.20. The quantitative estimate of drug-likeness (QED) is 0.805. The number of aliphatic carboxylic acids is 1. The second-order valence-corrected chi connectivity index (χ2v) is 5.21. The Balaban J connectivity index is 2.77. The van der Waals surface area contributed by atoms with Crippen LogP contribution in [0.2, 0.25) is 0 Å². The molecule has 110 valence electrons. The van der Waals surface area contributed by atoms with Crippen molar-refractivity contribution >= 4 is 11.9 Å². The van der Waals surface area contributed by atoms with Gasteiger partial charge in [0.05, 0.1) is 12.8 Å². The third-order valence-corrected chi connectivity index (χ3v) is 3.86. The number of nitrogens with one attached hydrogen (secondary N) is 1. The van der Waals surface area contributed by atoms with E-state index in [0.717, 1.165) is 11.1 Å². The summed E-state index contributed by atoms with van der Waals surface area (Å²) in [6, 6.07) is 7.72. The van der Waals surface area contributed by atoms with Gasteiger partial charge in [0.25, 0.3) is 0 Å². The van der Waals surface area contributed by atoms with Crippen LogP contribution >= 0.6 is 0 Å². The first kappa shape index (κ1) is 16.2. The van der Waals surface area contributed by atoms with E-state index in [0.29, 0.717) is 12.8 Å². The van der Waals surface area contributed by atoms with Gasteiger partial charge in [0.15, 0.2) is 0 Å². The summed E-state index contributed by atoms with van der Waals surface area (Å²) in [7, 11) is 0. The Morgan fingerprint density at radius 2 is 1.80 bits per heavy atom. The molecule has 2 N–H and O–H groups in total.